The largest absolute Gasteiger partial charge is 0.494 e. The first-order valence-electron chi connectivity index (χ1n) is 7.80. The van der Waals surface area contributed by atoms with E-state index in [1.54, 1.807) is 0 Å². The van der Waals surface area contributed by atoms with Gasteiger partial charge in [-0.15, -0.1) is 0 Å². The fourth-order valence-corrected chi connectivity index (χ4v) is 3.91. The van der Waals surface area contributed by atoms with Crippen molar-refractivity contribution in [3.05, 3.63) is 24.3 Å². The fourth-order valence-electron chi connectivity index (χ4n) is 3.91. The predicted molar refractivity (Wildman–Crippen MR) is 83.5 cm³/mol. The van der Waals surface area contributed by atoms with Crippen LogP contribution in [-0.2, 0) is 0 Å². The smallest absolute Gasteiger partial charge is 0.119 e. The van der Waals surface area contributed by atoms with Crippen LogP contribution in [0.4, 0.5) is 5.69 Å². The quantitative estimate of drug-likeness (QED) is 0.917. The molecule has 3 aliphatic heterocycles. The van der Waals surface area contributed by atoms with E-state index < -0.39 is 0 Å². The zero-order chi connectivity index (χ0) is 14.2. The van der Waals surface area contributed by atoms with E-state index in [4.69, 9.17) is 4.74 Å². The van der Waals surface area contributed by atoms with Crippen LogP contribution in [0, 0.1) is 11.3 Å². The van der Waals surface area contributed by atoms with Gasteiger partial charge >= 0.3 is 0 Å². The number of fused-ring (bicyclic) bond motifs is 4. The van der Waals surface area contributed by atoms with E-state index in [1.165, 1.54) is 18.7 Å². The highest BCUT2D eigenvalue weighted by Crippen LogP contribution is 2.41. The number of hydrogen-bond acceptors (Lipinski definition) is 3. The molecule has 2 atom stereocenters. The Balaban J connectivity index is 1.85. The molecule has 0 radical (unpaired) electrons. The highest BCUT2D eigenvalue weighted by atomic mass is 16.5. The fraction of sp³-hybridized carbons (Fsp3) is 0.647. The van der Waals surface area contributed by atoms with Crippen molar-refractivity contribution in [2.24, 2.45) is 11.3 Å². The highest BCUT2D eigenvalue weighted by molar-refractivity contribution is 5.51. The predicted octanol–water partition coefficient (Wildman–Crippen LogP) is 2.91. The Bertz CT molecular complexity index is 455. The SMILES string of the molecule is CCOc1ccc(N2C[C@@H]3CNC[C@@H]2C(C)(C)C3)cc1. The summed E-state index contributed by atoms with van der Waals surface area (Å²) in [6, 6.07) is 9.19. The Labute approximate surface area is 122 Å². The molecule has 1 aromatic rings. The van der Waals surface area contributed by atoms with Crippen LogP contribution in [-0.4, -0.2) is 32.3 Å². The Morgan fingerprint density at radius 2 is 2.00 bits per heavy atom. The van der Waals surface area contributed by atoms with Crippen LogP contribution in [0.3, 0.4) is 0 Å². The summed E-state index contributed by atoms with van der Waals surface area (Å²) in [5, 5.41) is 3.63. The first-order valence-corrected chi connectivity index (χ1v) is 7.80. The third kappa shape index (κ3) is 2.51. The van der Waals surface area contributed by atoms with Crippen molar-refractivity contribution >= 4 is 5.69 Å². The van der Waals surface area contributed by atoms with E-state index in [2.05, 4.69) is 48.3 Å². The van der Waals surface area contributed by atoms with Gasteiger partial charge in [-0.1, -0.05) is 13.8 Å². The Morgan fingerprint density at radius 1 is 1.25 bits per heavy atom. The van der Waals surface area contributed by atoms with E-state index in [9.17, 15) is 0 Å². The molecule has 2 bridgehead atoms. The van der Waals surface area contributed by atoms with Crippen LogP contribution in [0.5, 0.6) is 5.75 Å². The van der Waals surface area contributed by atoms with E-state index in [0.717, 1.165) is 31.4 Å². The van der Waals surface area contributed by atoms with E-state index in [0.29, 0.717) is 11.5 Å². The normalized spacial score (nSPS) is 28.2. The van der Waals surface area contributed by atoms with Gasteiger partial charge in [0.15, 0.2) is 0 Å². The zero-order valence-corrected chi connectivity index (χ0v) is 12.9. The summed E-state index contributed by atoms with van der Waals surface area (Å²) in [4.78, 5) is 2.60. The zero-order valence-electron chi connectivity index (χ0n) is 12.9. The van der Waals surface area contributed by atoms with Crippen molar-refractivity contribution in [2.75, 3.05) is 31.1 Å². The molecule has 3 fully saturated rings. The van der Waals surface area contributed by atoms with Gasteiger partial charge in [0.25, 0.3) is 0 Å². The molecule has 0 spiro atoms. The summed E-state index contributed by atoms with van der Waals surface area (Å²) in [5.41, 5.74) is 1.71. The summed E-state index contributed by atoms with van der Waals surface area (Å²) in [6.45, 7) is 11.0. The van der Waals surface area contributed by atoms with Crippen LogP contribution >= 0.6 is 0 Å². The first kappa shape index (κ1) is 13.7. The van der Waals surface area contributed by atoms with Crippen LogP contribution in [0.15, 0.2) is 24.3 Å². The average Bonchev–Trinajstić information content (AvgIpc) is 2.70. The van der Waals surface area contributed by atoms with Gasteiger partial charge in [-0.2, -0.15) is 0 Å². The van der Waals surface area contributed by atoms with Crippen LogP contribution in [0.1, 0.15) is 27.2 Å². The van der Waals surface area contributed by atoms with E-state index in [1.807, 2.05) is 6.92 Å². The number of rotatable bonds is 3. The molecule has 0 aromatic heterocycles. The van der Waals surface area contributed by atoms with Gasteiger partial charge in [0.1, 0.15) is 5.75 Å². The molecule has 0 saturated carbocycles. The van der Waals surface area contributed by atoms with Crippen molar-refractivity contribution in [2.45, 2.75) is 33.2 Å². The molecule has 20 heavy (non-hydrogen) atoms. The van der Waals surface area contributed by atoms with Gasteiger partial charge in [0, 0.05) is 24.8 Å². The second-order valence-electron chi connectivity index (χ2n) is 6.81. The summed E-state index contributed by atoms with van der Waals surface area (Å²) in [6.07, 6.45) is 1.33. The van der Waals surface area contributed by atoms with Crippen molar-refractivity contribution < 1.29 is 4.74 Å². The molecule has 110 valence electrons. The minimum atomic E-state index is 0.380. The lowest BCUT2D eigenvalue weighted by molar-refractivity contribution is 0.192. The van der Waals surface area contributed by atoms with E-state index >= 15 is 0 Å². The Hall–Kier alpha value is -1.22. The molecule has 3 aliphatic rings. The molecule has 3 heteroatoms. The molecule has 3 nitrogen and oxygen atoms in total. The number of benzene rings is 1. The summed E-state index contributed by atoms with van der Waals surface area (Å²) < 4.78 is 5.54. The Morgan fingerprint density at radius 3 is 2.70 bits per heavy atom. The van der Waals surface area contributed by atoms with E-state index in [-0.39, 0.29) is 0 Å². The van der Waals surface area contributed by atoms with Crippen LogP contribution in [0.25, 0.3) is 0 Å². The van der Waals surface area contributed by atoms with Gasteiger partial charge in [-0.3, -0.25) is 0 Å². The van der Waals surface area contributed by atoms with Gasteiger partial charge in [-0.05, 0) is 55.5 Å². The lowest BCUT2D eigenvalue weighted by atomic mass is 9.73. The third-order valence-electron chi connectivity index (χ3n) is 4.80. The molecule has 0 amide bonds. The van der Waals surface area contributed by atoms with Crippen LogP contribution < -0.4 is 15.0 Å². The van der Waals surface area contributed by atoms with Gasteiger partial charge in [0.05, 0.1) is 6.61 Å². The van der Waals surface area contributed by atoms with Crippen molar-refractivity contribution in [1.82, 2.24) is 5.32 Å². The van der Waals surface area contributed by atoms with Crippen molar-refractivity contribution in [3.8, 4) is 5.75 Å². The maximum absolute atomic E-state index is 5.54. The average molecular weight is 274 g/mol. The maximum atomic E-state index is 5.54. The molecule has 3 heterocycles. The summed E-state index contributed by atoms with van der Waals surface area (Å²) >= 11 is 0. The standard InChI is InChI=1S/C17H26N2O/c1-4-20-15-7-5-14(6-8-15)19-12-13-9-17(2,3)16(19)11-18-10-13/h5-8,13,16,18H,4,9-12H2,1-3H3/t13-,16+/m0/s1. The van der Waals surface area contributed by atoms with Crippen molar-refractivity contribution in [1.29, 1.82) is 0 Å². The molecule has 0 unspecified atom stereocenters. The second-order valence-corrected chi connectivity index (χ2v) is 6.81. The number of ether oxygens (including phenoxy) is 1. The molecular formula is C17H26N2O. The molecule has 1 N–H and O–H groups in total. The number of anilines is 1. The third-order valence-corrected chi connectivity index (χ3v) is 4.80. The maximum Gasteiger partial charge on any atom is 0.119 e. The summed E-state index contributed by atoms with van der Waals surface area (Å²) in [5.74, 6) is 1.73. The molecule has 3 saturated heterocycles. The molecule has 0 aliphatic carbocycles. The monoisotopic (exact) mass is 274 g/mol. The van der Waals surface area contributed by atoms with Gasteiger partial charge in [-0.25, -0.2) is 0 Å². The minimum Gasteiger partial charge on any atom is -0.494 e. The second kappa shape index (κ2) is 5.28. The molecule has 1 aromatic carbocycles. The minimum absolute atomic E-state index is 0.380. The topological polar surface area (TPSA) is 24.5 Å². The lowest BCUT2D eigenvalue weighted by Gasteiger charge is -2.48. The van der Waals surface area contributed by atoms with Gasteiger partial charge < -0.3 is 15.0 Å². The summed E-state index contributed by atoms with van der Waals surface area (Å²) in [7, 11) is 0. The lowest BCUT2D eigenvalue weighted by Crippen LogP contribution is -2.53. The first-order chi connectivity index (χ1) is 9.60. The molecular weight excluding hydrogens is 248 g/mol. The highest BCUT2D eigenvalue weighted by Gasteiger charge is 2.43. The number of piperidine rings is 1. The number of hydrogen-bond donors (Lipinski definition) is 1. The Kier molecular flexibility index (Phi) is 3.63. The van der Waals surface area contributed by atoms with Crippen molar-refractivity contribution in [3.63, 3.8) is 0 Å². The number of nitrogens with one attached hydrogen (secondary N) is 1. The van der Waals surface area contributed by atoms with Crippen LogP contribution in [0.2, 0.25) is 0 Å². The number of nitrogens with zero attached hydrogens (tertiary/aromatic N) is 1. The van der Waals surface area contributed by atoms with Gasteiger partial charge in [0.2, 0.25) is 0 Å². The molecule has 4 rings (SSSR count).